The second kappa shape index (κ2) is 7.76. The van der Waals surface area contributed by atoms with Crippen LogP contribution in [-0.4, -0.2) is 82.8 Å². The van der Waals surface area contributed by atoms with E-state index >= 15 is 0 Å². The van der Waals surface area contributed by atoms with Crippen LogP contribution in [0.3, 0.4) is 0 Å². The summed E-state index contributed by atoms with van der Waals surface area (Å²) in [5, 5.41) is 41.6. The molecule has 4 rings (SSSR count). The van der Waals surface area contributed by atoms with Gasteiger partial charge in [-0.15, -0.1) is 0 Å². The monoisotopic (exact) mass is 410 g/mol. The second-order valence-corrected chi connectivity index (χ2v) is 7.21. The third-order valence-electron chi connectivity index (χ3n) is 5.37. The van der Waals surface area contributed by atoms with Gasteiger partial charge in [-0.05, 0) is 12.1 Å². The SMILES string of the molecule is O=C(NC1C(O)O[C@H](CO)C(O)[C@@H]1O)C1CC(=O)N(c2ccc3c(c2)OCO3)C1. The van der Waals surface area contributed by atoms with Crippen LogP contribution in [0, 0.1) is 5.92 Å². The van der Waals surface area contributed by atoms with Crippen LogP contribution in [0.4, 0.5) is 5.69 Å². The van der Waals surface area contributed by atoms with Crippen LogP contribution in [-0.2, 0) is 14.3 Å². The molecular formula is C18H22N2O9. The third-order valence-corrected chi connectivity index (χ3v) is 5.37. The number of nitrogens with zero attached hydrogens (tertiary/aromatic N) is 1. The van der Waals surface area contributed by atoms with E-state index in [1.807, 2.05) is 0 Å². The minimum atomic E-state index is -1.61. The molecule has 158 valence electrons. The molecule has 0 spiro atoms. The summed E-state index contributed by atoms with van der Waals surface area (Å²) in [6.45, 7) is -0.391. The van der Waals surface area contributed by atoms with Gasteiger partial charge in [-0.3, -0.25) is 9.59 Å². The van der Waals surface area contributed by atoms with E-state index in [0.29, 0.717) is 17.2 Å². The molecule has 0 aliphatic carbocycles. The average molecular weight is 410 g/mol. The van der Waals surface area contributed by atoms with Gasteiger partial charge in [0.15, 0.2) is 17.8 Å². The highest BCUT2D eigenvalue weighted by Crippen LogP contribution is 2.37. The Bertz CT molecular complexity index is 804. The summed E-state index contributed by atoms with van der Waals surface area (Å²) >= 11 is 0. The molecular weight excluding hydrogens is 388 g/mol. The molecule has 3 aliphatic heterocycles. The summed E-state index contributed by atoms with van der Waals surface area (Å²) in [4.78, 5) is 26.5. The van der Waals surface area contributed by atoms with Crippen molar-refractivity contribution in [1.29, 1.82) is 0 Å². The van der Waals surface area contributed by atoms with Gasteiger partial charge in [0.2, 0.25) is 18.6 Å². The number of carbonyl (C=O) groups excluding carboxylic acids is 2. The molecule has 5 N–H and O–H groups in total. The lowest BCUT2D eigenvalue weighted by Gasteiger charge is -2.40. The fourth-order valence-electron chi connectivity index (χ4n) is 3.72. The van der Waals surface area contributed by atoms with Gasteiger partial charge in [0.1, 0.15) is 24.4 Å². The van der Waals surface area contributed by atoms with Crippen molar-refractivity contribution in [2.75, 3.05) is 24.8 Å². The Morgan fingerprint density at radius 1 is 1.17 bits per heavy atom. The first-order chi connectivity index (χ1) is 13.9. The molecule has 0 radical (unpaired) electrons. The van der Waals surface area contributed by atoms with Crippen LogP contribution in [0.5, 0.6) is 11.5 Å². The standard InChI is InChI=1S/C18H22N2O9/c21-6-12-15(23)16(24)14(18(26)29-12)19-17(25)8-3-13(22)20(5-8)9-1-2-10-11(4-9)28-7-27-10/h1-2,4,8,12,14-16,18,21,23-24,26H,3,5-7H2,(H,19,25)/t8?,12-,14?,15?,16-,18?/m1/s1. The van der Waals surface area contributed by atoms with Crippen molar-refractivity contribution in [3.05, 3.63) is 18.2 Å². The van der Waals surface area contributed by atoms with E-state index in [2.05, 4.69) is 5.32 Å². The number of nitrogens with one attached hydrogen (secondary N) is 1. The lowest BCUT2D eigenvalue weighted by Crippen LogP contribution is -2.64. The molecule has 3 heterocycles. The van der Waals surface area contributed by atoms with Crippen LogP contribution in [0.15, 0.2) is 18.2 Å². The highest BCUT2D eigenvalue weighted by atomic mass is 16.7. The zero-order valence-corrected chi connectivity index (χ0v) is 15.3. The smallest absolute Gasteiger partial charge is 0.231 e. The largest absolute Gasteiger partial charge is 0.454 e. The highest BCUT2D eigenvalue weighted by Gasteiger charge is 2.45. The Morgan fingerprint density at radius 3 is 2.69 bits per heavy atom. The fraction of sp³-hybridized carbons (Fsp3) is 0.556. The molecule has 0 bridgehead atoms. The van der Waals surface area contributed by atoms with Gasteiger partial charge in [0.05, 0.1) is 12.5 Å². The van der Waals surface area contributed by atoms with Crippen LogP contribution < -0.4 is 19.7 Å². The minimum Gasteiger partial charge on any atom is -0.454 e. The summed E-state index contributed by atoms with van der Waals surface area (Å²) in [5.74, 6) is -0.454. The van der Waals surface area contributed by atoms with Crippen LogP contribution >= 0.6 is 0 Å². The third kappa shape index (κ3) is 3.63. The maximum Gasteiger partial charge on any atom is 0.231 e. The summed E-state index contributed by atoms with van der Waals surface area (Å²) < 4.78 is 15.6. The number of amides is 2. The van der Waals surface area contributed by atoms with Gasteiger partial charge >= 0.3 is 0 Å². The van der Waals surface area contributed by atoms with Crippen molar-refractivity contribution in [2.24, 2.45) is 5.92 Å². The number of hydrogen-bond acceptors (Lipinski definition) is 9. The van der Waals surface area contributed by atoms with Crippen molar-refractivity contribution >= 4 is 17.5 Å². The van der Waals surface area contributed by atoms with Crippen molar-refractivity contribution in [3.63, 3.8) is 0 Å². The van der Waals surface area contributed by atoms with E-state index in [9.17, 15) is 24.9 Å². The van der Waals surface area contributed by atoms with E-state index in [0.717, 1.165) is 0 Å². The fourth-order valence-corrected chi connectivity index (χ4v) is 3.72. The van der Waals surface area contributed by atoms with Crippen molar-refractivity contribution in [3.8, 4) is 11.5 Å². The van der Waals surface area contributed by atoms with Gasteiger partial charge in [-0.25, -0.2) is 0 Å². The lowest BCUT2D eigenvalue weighted by molar-refractivity contribution is -0.254. The molecule has 29 heavy (non-hydrogen) atoms. The van der Waals surface area contributed by atoms with Crippen LogP contribution in [0.1, 0.15) is 6.42 Å². The number of hydrogen-bond donors (Lipinski definition) is 5. The average Bonchev–Trinajstić information content (AvgIpc) is 3.33. The van der Waals surface area contributed by atoms with Gasteiger partial charge in [0, 0.05) is 24.7 Å². The van der Waals surface area contributed by atoms with Crippen molar-refractivity contribution in [2.45, 2.75) is 37.1 Å². The van der Waals surface area contributed by atoms with E-state index in [4.69, 9.17) is 19.3 Å². The first-order valence-corrected chi connectivity index (χ1v) is 9.20. The molecule has 1 aromatic rings. The molecule has 0 aromatic heterocycles. The predicted molar refractivity (Wildman–Crippen MR) is 94.9 cm³/mol. The Morgan fingerprint density at radius 2 is 1.93 bits per heavy atom. The summed E-state index contributed by atoms with van der Waals surface area (Å²) in [7, 11) is 0. The van der Waals surface area contributed by atoms with Gasteiger partial charge in [0.25, 0.3) is 0 Å². The molecule has 2 fully saturated rings. The number of anilines is 1. The normalized spacial score (nSPS) is 33.8. The number of aliphatic hydroxyl groups is 4. The van der Waals surface area contributed by atoms with E-state index in [-0.39, 0.29) is 25.7 Å². The summed E-state index contributed by atoms with van der Waals surface area (Å²) in [5.41, 5.74) is 0.567. The number of aliphatic hydroxyl groups excluding tert-OH is 4. The van der Waals surface area contributed by atoms with Gasteiger partial charge in [-0.2, -0.15) is 0 Å². The quantitative estimate of drug-likeness (QED) is 0.368. The zero-order chi connectivity index (χ0) is 20.7. The predicted octanol–water partition coefficient (Wildman–Crippen LogP) is -2.32. The molecule has 11 heteroatoms. The Balaban J connectivity index is 1.42. The maximum atomic E-state index is 12.6. The van der Waals surface area contributed by atoms with E-state index in [1.165, 1.54) is 4.90 Å². The van der Waals surface area contributed by atoms with E-state index < -0.39 is 49.1 Å². The highest BCUT2D eigenvalue weighted by molar-refractivity contribution is 6.00. The van der Waals surface area contributed by atoms with Crippen LogP contribution in [0.2, 0.25) is 0 Å². The molecule has 0 saturated carbocycles. The zero-order valence-electron chi connectivity index (χ0n) is 15.3. The number of carbonyl (C=O) groups is 2. The lowest BCUT2D eigenvalue weighted by atomic mass is 9.96. The number of rotatable bonds is 4. The topological polar surface area (TPSA) is 158 Å². The van der Waals surface area contributed by atoms with Crippen molar-refractivity contribution in [1.82, 2.24) is 5.32 Å². The van der Waals surface area contributed by atoms with Gasteiger partial charge < -0.3 is 44.9 Å². The Labute approximate surface area is 165 Å². The molecule has 2 saturated heterocycles. The number of fused-ring (bicyclic) bond motifs is 1. The number of benzene rings is 1. The van der Waals surface area contributed by atoms with Crippen molar-refractivity contribution < 1.29 is 44.2 Å². The maximum absolute atomic E-state index is 12.6. The molecule has 4 unspecified atom stereocenters. The minimum absolute atomic E-state index is 0.0537. The van der Waals surface area contributed by atoms with E-state index in [1.54, 1.807) is 18.2 Å². The molecule has 11 nitrogen and oxygen atoms in total. The molecule has 1 aromatic carbocycles. The first kappa shape index (κ1) is 19.9. The first-order valence-electron chi connectivity index (χ1n) is 9.20. The molecule has 2 amide bonds. The Hall–Kier alpha value is -2.44. The molecule has 3 aliphatic rings. The molecule has 6 atom stereocenters. The van der Waals surface area contributed by atoms with Crippen LogP contribution in [0.25, 0.3) is 0 Å². The number of ether oxygens (including phenoxy) is 3. The summed E-state index contributed by atoms with van der Waals surface area (Å²) in [6, 6.07) is 3.74. The summed E-state index contributed by atoms with van der Waals surface area (Å²) in [6.07, 6.45) is -5.85. The Kier molecular flexibility index (Phi) is 5.32. The second-order valence-electron chi connectivity index (χ2n) is 7.21. The van der Waals surface area contributed by atoms with Gasteiger partial charge in [-0.1, -0.05) is 0 Å².